The molecule has 0 fully saturated rings. The zero-order valence-corrected chi connectivity index (χ0v) is 15.2. The fourth-order valence-corrected chi connectivity index (χ4v) is 2.44. The number of hydrogen-bond acceptors (Lipinski definition) is 6. The molecule has 2 rings (SSSR count). The van der Waals surface area contributed by atoms with E-state index in [1.165, 1.54) is 11.8 Å². The molecule has 0 bridgehead atoms. The normalized spacial score (nSPS) is 16.8. The van der Waals surface area contributed by atoms with Crippen LogP contribution in [0, 0.1) is 12.8 Å². The molecule has 2 N–H and O–H groups in total. The van der Waals surface area contributed by atoms with E-state index in [0.29, 0.717) is 24.4 Å². The third kappa shape index (κ3) is 4.39. The largest absolute Gasteiger partial charge is 0.383 e. The molecule has 10 heteroatoms. The van der Waals surface area contributed by atoms with Gasteiger partial charge in [0.25, 0.3) is 11.9 Å². The van der Waals surface area contributed by atoms with Crippen LogP contribution in [0.15, 0.2) is 16.1 Å². The maximum absolute atomic E-state index is 12.1. The Kier molecular flexibility index (Phi) is 6.34. The summed E-state index contributed by atoms with van der Waals surface area (Å²) in [6.07, 6.45) is 0.605. The number of anilines is 1. The van der Waals surface area contributed by atoms with Crippen LogP contribution in [0.2, 0.25) is 0 Å². The molecule has 1 unspecified atom stereocenters. The second-order valence-corrected chi connectivity index (χ2v) is 5.75. The molecule has 140 valence electrons. The van der Waals surface area contributed by atoms with Gasteiger partial charge in [-0.15, -0.1) is 0 Å². The van der Waals surface area contributed by atoms with Crippen LogP contribution in [0.1, 0.15) is 26.0 Å². The number of methoxy groups -OCH3 is 1. The minimum Gasteiger partial charge on any atom is -0.383 e. The maximum Gasteiger partial charge on any atom is 0.314 e. The molecule has 0 radical (unpaired) electrons. The Bertz CT molecular complexity index is 780. The van der Waals surface area contributed by atoms with E-state index in [2.05, 4.69) is 25.7 Å². The van der Waals surface area contributed by atoms with Gasteiger partial charge in [0.2, 0.25) is 0 Å². The van der Waals surface area contributed by atoms with E-state index in [9.17, 15) is 14.4 Å². The molecule has 0 saturated heterocycles. The molecule has 10 nitrogen and oxygen atoms in total. The monoisotopic (exact) mass is 362 g/mol. The third-order valence-corrected chi connectivity index (χ3v) is 3.76. The Morgan fingerprint density at radius 2 is 2.00 bits per heavy atom. The topological polar surface area (TPSA) is 127 Å². The second-order valence-electron chi connectivity index (χ2n) is 5.75. The lowest BCUT2D eigenvalue weighted by molar-refractivity contribution is -0.136. The highest BCUT2D eigenvalue weighted by molar-refractivity contribution is 6.39. The quantitative estimate of drug-likeness (QED) is 0.568. The van der Waals surface area contributed by atoms with Crippen molar-refractivity contribution in [1.82, 2.24) is 15.1 Å². The summed E-state index contributed by atoms with van der Waals surface area (Å²) in [5.41, 5.74) is 1.20. The fourth-order valence-electron chi connectivity index (χ4n) is 2.44. The average Bonchev–Trinajstić information content (AvgIpc) is 2.95. The molecular weight excluding hydrogens is 340 g/mol. The Hall–Kier alpha value is -2.88. The molecule has 0 aromatic carbocycles. The molecule has 0 aliphatic carbocycles. The van der Waals surface area contributed by atoms with Gasteiger partial charge >= 0.3 is 11.8 Å². The Labute approximate surface area is 150 Å². The first kappa shape index (κ1) is 19.4. The van der Waals surface area contributed by atoms with Gasteiger partial charge in [0, 0.05) is 25.4 Å². The van der Waals surface area contributed by atoms with E-state index in [0.717, 1.165) is 0 Å². The summed E-state index contributed by atoms with van der Waals surface area (Å²) in [6.45, 7) is 5.85. The smallest absolute Gasteiger partial charge is 0.314 e. The Balaban J connectivity index is 2.20. The highest BCUT2D eigenvalue weighted by atomic mass is 16.5. The molecule has 0 saturated carbocycles. The van der Waals surface area contributed by atoms with Gasteiger partial charge in [0.15, 0.2) is 0 Å². The van der Waals surface area contributed by atoms with Crippen LogP contribution >= 0.6 is 0 Å². The molecule has 1 aliphatic heterocycles. The summed E-state index contributed by atoms with van der Waals surface area (Å²) in [6, 6.07) is 1.56. The first-order valence-electron chi connectivity index (χ1n) is 8.20. The number of amides is 3. The number of rotatable bonds is 5. The van der Waals surface area contributed by atoms with Gasteiger partial charge in [-0.25, -0.2) is 4.99 Å². The van der Waals surface area contributed by atoms with Gasteiger partial charge in [-0.3, -0.25) is 14.4 Å². The summed E-state index contributed by atoms with van der Waals surface area (Å²) in [7, 11) is 1.49. The van der Waals surface area contributed by atoms with Crippen molar-refractivity contribution in [3.63, 3.8) is 0 Å². The highest BCUT2D eigenvalue weighted by Gasteiger charge is 2.27. The van der Waals surface area contributed by atoms with Crippen molar-refractivity contribution in [3.8, 4) is 0 Å². The van der Waals surface area contributed by atoms with E-state index in [4.69, 9.17) is 4.74 Å². The molecule has 1 aromatic heterocycles. The summed E-state index contributed by atoms with van der Waals surface area (Å²) < 4.78 is 6.05. The molecule has 2 heterocycles. The number of nitrogens with zero attached hydrogens (tertiary/aromatic N) is 4. The van der Waals surface area contributed by atoms with Gasteiger partial charge in [0.1, 0.15) is 5.82 Å². The van der Waals surface area contributed by atoms with Crippen molar-refractivity contribution < 1.29 is 19.1 Å². The lowest BCUT2D eigenvalue weighted by Crippen LogP contribution is -2.38. The lowest BCUT2D eigenvalue weighted by atomic mass is 10.00. The van der Waals surface area contributed by atoms with Gasteiger partial charge < -0.3 is 15.4 Å². The summed E-state index contributed by atoms with van der Waals surface area (Å²) in [4.78, 5) is 44.2. The van der Waals surface area contributed by atoms with Crippen LogP contribution in [0.5, 0.6) is 0 Å². The number of hydrogen-bond donors (Lipinski definition) is 2. The SMILES string of the molecule is CCC1C(=O)N=C(n2nc(C)cc2NC(=O)C(=O)NCCOC)N=C1C. The third-order valence-electron chi connectivity index (χ3n) is 3.76. The molecule has 0 spiro atoms. The molecule has 1 atom stereocenters. The summed E-state index contributed by atoms with van der Waals surface area (Å²) in [5, 5.41) is 9.08. The van der Waals surface area contributed by atoms with Crippen molar-refractivity contribution in [2.24, 2.45) is 15.9 Å². The number of ether oxygens (including phenoxy) is 1. The molecule has 3 amide bonds. The van der Waals surface area contributed by atoms with Crippen molar-refractivity contribution >= 4 is 35.2 Å². The Morgan fingerprint density at radius 3 is 2.62 bits per heavy atom. The first-order chi connectivity index (χ1) is 12.4. The number of nitrogens with one attached hydrogen (secondary N) is 2. The molecular formula is C16H22N6O4. The highest BCUT2D eigenvalue weighted by Crippen LogP contribution is 2.17. The van der Waals surface area contributed by atoms with Crippen LogP contribution in [-0.2, 0) is 19.1 Å². The summed E-state index contributed by atoms with van der Waals surface area (Å²) in [5.74, 6) is -2.07. The standard InChI is InChI=1S/C16H22N6O4/c1-5-11-10(3)18-16(20-13(11)23)22-12(8-9(2)21-22)19-15(25)14(24)17-6-7-26-4/h8,11H,5-7H2,1-4H3,(H,17,24)(H,19,25). The van der Waals surface area contributed by atoms with E-state index in [1.807, 2.05) is 6.92 Å². The van der Waals surface area contributed by atoms with Gasteiger partial charge in [-0.1, -0.05) is 6.92 Å². The lowest BCUT2D eigenvalue weighted by Gasteiger charge is -2.17. The van der Waals surface area contributed by atoms with Gasteiger partial charge in [0.05, 0.1) is 18.2 Å². The molecule has 26 heavy (non-hydrogen) atoms. The van der Waals surface area contributed by atoms with Crippen LogP contribution in [-0.4, -0.2) is 59.4 Å². The predicted octanol–water partition coefficient (Wildman–Crippen LogP) is 0.124. The summed E-state index contributed by atoms with van der Waals surface area (Å²) >= 11 is 0. The predicted molar refractivity (Wildman–Crippen MR) is 95.2 cm³/mol. The van der Waals surface area contributed by atoms with Crippen molar-refractivity contribution in [2.75, 3.05) is 25.6 Å². The van der Waals surface area contributed by atoms with Crippen LogP contribution in [0.25, 0.3) is 0 Å². The van der Waals surface area contributed by atoms with Crippen LogP contribution in [0.3, 0.4) is 0 Å². The Morgan fingerprint density at radius 1 is 1.27 bits per heavy atom. The van der Waals surface area contributed by atoms with Crippen molar-refractivity contribution in [3.05, 3.63) is 11.8 Å². The van der Waals surface area contributed by atoms with E-state index < -0.39 is 11.8 Å². The van der Waals surface area contributed by atoms with Crippen LogP contribution < -0.4 is 10.6 Å². The number of aryl methyl sites for hydroxylation is 1. The fraction of sp³-hybridized carbons (Fsp3) is 0.500. The second kappa shape index (κ2) is 8.48. The van der Waals surface area contributed by atoms with Crippen molar-refractivity contribution in [1.29, 1.82) is 0 Å². The number of carbonyl (C=O) groups is 3. The van der Waals surface area contributed by atoms with E-state index in [1.54, 1.807) is 19.9 Å². The maximum atomic E-state index is 12.1. The van der Waals surface area contributed by atoms with E-state index >= 15 is 0 Å². The van der Waals surface area contributed by atoms with Gasteiger partial charge in [-0.05, 0) is 20.3 Å². The van der Waals surface area contributed by atoms with Crippen LogP contribution in [0.4, 0.5) is 5.82 Å². The number of carbonyl (C=O) groups excluding carboxylic acids is 3. The molecule has 1 aliphatic rings. The number of aromatic nitrogens is 2. The van der Waals surface area contributed by atoms with E-state index in [-0.39, 0.29) is 30.1 Å². The average molecular weight is 362 g/mol. The molecule has 1 aromatic rings. The zero-order valence-electron chi connectivity index (χ0n) is 15.2. The number of aliphatic imine (C=N–C) groups is 2. The zero-order chi connectivity index (χ0) is 19.3. The van der Waals surface area contributed by atoms with Crippen molar-refractivity contribution in [2.45, 2.75) is 27.2 Å². The van der Waals surface area contributed by atoms with Gasteiger partial charge in [-0.2, -0.15) is 14.8 Å². The first-order valence-corrected chi connectivity index (χ1v) is 8.20. The minimum atomic E-state index is -0.864. The minimum absolute atomic E-state index is 0.0559.